The highest BCUT2D eigenvalue weighted by molar-refractivity contribution is 14.1. The van der Waals surface area contributed by atoms with Gasteiger partial charge in [0.2, 0.25) is 0 Å². The minimum absolute atomic E-state index is 0.0795. The fourth-order valence-electron chi connectivity index (χ4n) is 2.69. The number of carbonyl (C=O) groups excluding carboxylic acids is 1. The number of halogens is 1. The average Bonchev–Trinajstić information content (AvgIpc) is 3.02. The maximum atomic E-state index is 12.8. The molecule has 0 saturated carbocycles. The van der Waals surface area contributed by atoms with Crippen molar-refractivity contribution >= 4 is 45.2 Å². The molecule has 26 heavy (non-hydrogen) atoms. The number of non-ortho nitro benzene ring substituents is 1. The molecule has 3 rings (SSSR count). The van der Waals surface area contributed by atoms with E-state index in [4.69, 9.17) is 0 Å². The Morgan fingerprint density at radius 2 is 2.00 bits per heavy atom. The number of amides is 1. The SMILES string of the molecule is CC(C)[C@H](NC(=O)c1cc([N+](=O)[O-])ccc1I)c1nc2ccccc2[nH]1. The Bertz CT molecular complexity index is 950. The fraction of sp³-hybridized carbons (Fsp3) is 0.222. The van der Waals surface area contributed by atoms with Crippen LogP contribution in [0.3, 0.4) is 0 Å². The first kappa shape index (κ1) is 18.3. The van der Waals surface area contributed by atoms with Crippen molar-refractivity contribution in [2.45, 2.75) is 19.9 Å². The van der Waals surface area contributed by atoms with Crippen LogP contribution in [0.2, 0.25) is 0 Å². The first-order valence-electron chi connectivity index (χ1n) is 8.06. The van der Waals surface area contributed by atoms with E-state index in [1.165, 1.54) is 12.1 Å². The van der Waals surface area contributed by atoms with Gasteiger partial charge in [0, 0.05) is 15.7 Å². The molecule has 0 spiro atoms. The Morgan fingerprint density at radius 1 is 1.27 bits per heavy atom. The minimum atomic E-state index is -0.508. The number of fused-ring (bicyclic) bond motifs is 1. The lowest BCUT2D eigenvalue weighted by Crippen LogP contribution is -2.33. The maximum absolute atomic E-state index is 12.8. The van der Waals surface area contributed by atoms with Crippen LogP contribution in [0, 0.1) is 19.6 Å². The van der Waals surface area contributed by atoms with Gasteiger partial charge in [-0.25, -0.2) is 4.98 Å². The van der Waals surface area contributed by atoms with Crippen molar-refractivity contribution in [1.29, 1.82) is 0 Å². The second-order valence-electron chi connectivity index (χ2n) is 6.26. The summed E-state index contributed by atoms with van der Waals surface area (Å²) in [6.45, 7) is 3.97. The van der Waals surface area contributed by atoms with Crippen molar-refractivity contribution in [1.82, 2.24) is 15.3 Å². The molecule has 0 bridgehead atoms. The van der Waals surface area contributed by atoms with Crippen LogP contribution in [-0.4, -0.2) is 20.8 Å². The highest BCUT2D eigenvalue weighted by Gasteiger charge is 2.24. The molecule has 0 radical (unpaired) electrons. The van der Waals surface area contributed by atoms with Crippen LogP contribution in [0.25, 0.3) is 11.0 Å². The smallest absolute Gasteiger partial charge is 0.270 e. The number of rotatable bonds is 5. The molecule has 0 aliphatic heterocycles. The van der Waals surface area contributed by atoms with Gasteiger partial charge in [-0.1, -0.05) is 26.0 Å². The molecule has 1 atom stereocenters. The number of carbonyl (C=O) groups is 1. The Morgan fingerprint density at radius 3 is 2.65 bits per heavy atom. The predicted octanol–water partition coefficient (Wildman–Crippen LogP) is 4.20. The zero-order valence-electron chi connectivity index (χ0n) is 14.2. The third kappa shape index (κ3) is 3.69. The topological polar surface area (TPSA) is 101 Å². The zero-order valence-corrected chi connectivity index (χ0v) is 16.4. The van der Waals surface area contributed by atoms with Gasteiger partial charge in [-0.15, -0.1) is 0 Å². The number of imidazole rings is 1. The van der Waals surface area contributed by atoms with Gasteiger partial charge < -0.3 is 10.3 Å². The summed E-state index contributed by atoms with van der Waals surface area (Å²) in [7, 11) is 0. The summed E-state index contributed by atoms with van der Waals surface area (Å²) in [5.41, 5.74) is 1.89. The monoisotopic (exact) mass is 464 g/mol. The first-order valence-corrected chi connectivity index (χ1v) is 9.14. The molecule has 2 N–H and O–H groups in total. The third-order valence-electron chi connectivity index (χ3n) is 4.06. The highest BCUT2D eigenvalue weighted by atomic mass is 127. The summed E-state index contributed by atoms with van der Waals surface area (Å²) in [6.07, 6.45) is 0. The van der Waals surface area contributed by atoms with Crippen molar-refractivity contribution < 1.29 is 9.72 Å². The van der Waals surface area contributed by atoms with Gasteiger partial charge in [-0.2, -0.15) is 0 Å². The number of para-hydroxylation sites is 2. The summed E-state index contributed by atoms with van der Waals surface area (Å²) in [5.74, 6) is 0.378. The normalized spacial score (nSPS) is 12.3. The number of nitro groups is 1. The van der Waals surface area contributed by atoms with E-state index in [1.54, 1.807) is 6.07 Å². The van der Waals surface area contributed by atoms with Crippen LogP contribution in [0.5, 0.6) is 0 Å². The van der Waals surface area contributed by atoms with Gasteiger partial charge in [-0.3, -0.25) is 14.9 Å². The van der Waals surface area contributed by atoms with Crippen molar-refractivity contribution in [3.05, 3.63) is 67.5 Å². The van der Waals surface area contributed by atoms with Crippen LogP contribution in [0.15, 0.2) is 42.5 Å². The van der Waals surface area contributed by atoms with Gasteiger partial charge in [-0.05, 0) is 46.7 Å². The number of nitro benzene ring substituents is 1. The number of nitrogens with zero attached hydrogens (tertiary/aromatic N) is 2. The number of H-pyrrole nitrogens is 1. The second kappa shape index (κ2) is 7.40. The molecule has 1 aromatic heterocycles. The molecular weight excluding hydrogens is 447 g/mol. The Hall–Kier alpha value is -2.49. The van der Waals surface area contributed by atoms with Crippen LogP contribution in [0.1, 0.15) is 36.1 Å². The largest absolute Gasteiger partial charge is 0.342 e. The molecule has 1 heterocycles. The number of nitrogens with one attached hydrogen (secondary N) is 2. The molecule has 0 saturated heterocycles. The summed E-state index contributed by atoms with van der Waals surface area (Å²) in [5, 5.41) is 14.0. The molecule has 3 aromatic rings. The maximum Gasteiger partial charge on any atom is 0.270 e. The van der Waals surface area contributed by atoms with Crippen LogP contribution in [0.4, 0.5) is 5.69 Å². The van der Waals surface area contributed by atoms with Crippen molar-refractivity contribution in [3.63, 3.8) is 0 Å². The van der Waals surface area contributed by atoms with E-state index < -0.39 is 4.92 Å². The van der Waals surface area contributed by atoms with E-state index in [0.29, 0.717) is 9.39 Å². The summed E-state index contributed by atoms with van der Waals surface area (Å²) in [6, 6.07) is 11.6. The Kier molecular flexibility index (Phi) is 5.21. The quantitative estimate of drug-likeness (QED) is 0.336. The standard InChI is InChI=1S/C18H17IN4O3/c1-10(2)16(17-20-14-5-3-4-6-15(14)21-17)22-18(24)12-9-11(23(25)26)7-8-13(12)19/h3-10,16H,1-2H3,(H,20,21)(H,22,24)/t16-/m0/s1. The average molecular weight is 464 g/mol. The zero-order chi connectivity index (χ0) is 18.8. The lowest BCUT2D eigenvalue weighted by atomic mass is 10.0. The van der Waals surface area contributed by atoms with Crippen LogP contribution >= 0.6 is 22.6 Å². The summed E-state index contributed by atoms with van der Waals surface area (Å²) < 4.78 is 0.651. The van der Waals surface area contributed by atoms with Crippen LogP contribution < -0.4 is 5.32 Å². The molecule has 0 aliphatic carbocycles. The van der Waals surface area contributed by atoms with E-state index in [2.05, 4.69) is 15.3 Å². The molecule has 8 heteroatoms. The third-order valence-corrected chi connectivity index (χ3v) is 5.00. The number of benzene rings is 2. The van der Waals surface area contributed by atoms with Crippen molar-refractivity contribution in [2.24, 2.45) is 5.92 Å². The number of aromatic amines is 1. The Labute approximate surface area is 163 Å². The van der Waals surface area contributed by atoms with Gasteiger partial charge in [0.15, 0.2) is 0 Å². The summed E-state index contributed by atoms with van der Waals surface area (Å²) in [4.78, 5) is 31.1. The van der Waals surface area contributed by atoms with Gasteiger partial charge >= 0.3 is 0 Å². The van der Waals surface area contributed by atoms with E-state index in [1.807, 2.05) is 60.7 Å². The molecule has 0 fully saturated rings. The molecule has 1 amide bonds. The molecular formula is C18H17IN4O3. The molecule has 0 aliphatic rings. The van der Waals surface area contributed by atoms with E-state index >= 15 is 0 Å². The lowest BCUT2D eigenvalue weighted by molar-refractivity contribution is -0.384. The van der Waals surface area contributed by atoms with Gasteiger partial charge in [0.1, 0.15) is 5.82 Å². The summed E-state index contributed by atoms with van der Waals surface area (Å²) >= 11 is 2.00. The first-order chi connectivity index (χ1) is 12.4. The fourth-order valence-corrected chi connectivity index (χ4v) is 3.27. The molecule has 2 aromatic carbocycles. The lowest BCUT2D eigenvalue weighted by Gasteiger charge is -2.20. The molecule has 0 unspecified atom stereocenters. The molecule has 134 valence electrons. The van der Waals surface area contributed by atoms with Gasteiger partial charge in [0.25, 0.3) is 11.6 Å². The number of hydrogen-bond acceptors (Lipinski definition) is 4. The Balaban J connectivity index is 1.92. The van der Waals surface area contributed by atoms with E-state index in [0.717, 1.165) is 11.0 Å². The van der Waals surface area contributed by atoms with E-state index in [9.17, 15) is 14.9 Å². The number of aromatic nitrogens is 2. The van der Waals surface area contributed by atoms with Crippen molar-refractivity contribution in [3.8, 4) is 0 Å². The van der Waals surface area contributed by atoms with E-state index in [-0.39, 0.29) is 29.1 Å². The van der Waals surface area contributed by atoms with Crippen LogP contribution in [-0.2, 0) is 0 Å². The second-order valence-corrected chi connectivity index (χ2v) is 7.42. The predicted molar refractivity (Wildman–Crippen MR) is 107 cm³/mol. The van der Waals surface area contributed by atoms with Gasteiger partial charge in [0.05, 0.1) is 27.6 Å². The number of hydrogen-bond donors (Lipinski definition) is 2. The molecule has 7 nitrogen and oxygen atoms in total. The minimum Gasteiger partial charge on any atom is -0.342 e. The highest BCUT2D eigenvalue weighted by Crippen LogP contribution is 2.24. The van der Waals surface area contributed by atoms with Crippen molar-refractivity contribution in [2.75, 3.05) is 0 Å².